The van der Waals surface area contributed by atoms with Crippen LogP contribution in [0.25, 0.3) is 11.6 Å². The first-order valence-electron chi connectivity index (χ1n) is 5.60. The molecule has 96 valence electrons. The van der Waals surface area contributed by atoms with Crippen molar-refractivity contribution in [3.63, 3.8) is 0 Å². The molecule has 0 aromatic carbocycles. The van der Waals surface area contributed by atoms with Crippen molar-refractivity contribution in [3.8, 4) is 11.6 Å². The zero-order valence-electron chi connectivity index (χ0n) is 9.91. The van der Waals surface area contributed by atoms with Gasteiger partial charge in [0.2, 0.25) is 5.82 Å². The molecule has 0 fully saturated rings. The number of aromatic nitrogens is 4. The lowest BCUT2D eigenvalue weighted by Gasteiger charge is -2.11. The number of hydrazine groups is 1. The van der Waals surface area contributed by atoms with Crippen molar-refractivity contribution in [2.24, 2.45) is 5.84 Å². The number of carbonyl (C=O) groups is 1. The average Bonchev–Trinajstić information content (AvgIpc) is 3.04. The Morgan fingerprint density at radius 3 is 3.11 bits per heavy atom. The molecule has 0 spiro atoms. The fraction of sp³-hybridized carbons (Fsp3) is 0.400. The van der Waals surface area contributed by atoms with Gasteiger partial charge in [0.05, 0.1) is 6.26 Å². The molecule has 2 aromatic rings. The number of furan rings is 1. The summed E-state index contributed by atoms with van der Waals surface area (Å²) in [6, 6.07) is 2.89. The molecule has 0 saturated carbocycles. The van der Waals surface area contributed by atoms with Crippen LogP contribution in [0.1, 0.15) is 25.8 Å². The highest BCUT2D eigenvalue weighted by Crippen LogP contribution is 2.16. The molecule has 0 radical (unpaired) electrons. The van der Waals surface area contributed by atoms with E-state index in [0.717, 1.165) is 6.42 Å². The molecule has 8 heteroatoms. The molecule has 0 aliphatic carbocycles. The van der Waals surface area contributed by atoms with Gasteiger partial charge in [-0.3, -0.25) is 10.2 Å². The molecule has 8 nitrogen and oxygen atoms in total. The minimum Gasteiger partial charge on any atom is -0.461 e. The molecular formula is C10H14N6O2. The summed E-state index contributed by atoms with van der Waals surface area (Å²) in [5, 5.41) is 11.8. The van der Waals surface area contributed by atoms with E-state index in [9.17, 15) is 4.79 Å². The Balaban J connectivity index is 2.24. The highest BCUT2D eigenvalue weighted by molar-refractivity contribution is 5.79. The van der Waals surface area contributed by atoms with Crippen LogP contribution < -0.4 is 11.3 Å². The van der Waals surface area contributed by atoms with E-state index in [-0.39, 0.29) is 5.91 Å². The molecule has 1 amide bonds. The highest BCUT2D eigenvalue weighted by Gasteiger charge is 2.22. The predicted molar refractivity (Wildman–Crippen MR) is 61.8 cm³/mol. The summed E-state index contributed by atoms with van der Waals surface area (Å²) in [6.45, 7) is 1.96. The Kier molecular flexibility index (Phi) is 3.68. The Morgan fingerprint density at radius 2 is 2.50 bits per heavy atom. The first-order chi connectivity index (χ1) is 8.76. The van der Waals surface area contributed by atoms with Crippen LogP contribution in [0.2, 0.25) is 0 Å². The van der Waals surface area contributed by atoms with E-state index in [4.69, 9.17) is 10.3 Å². The predicted octanol–water partition coefficient (Wildman–Crippen LogP) is 0.264. The van der Waals surface area contributed by atoms with Gasteiger partial charge in [-0.05, 0) is 23.8 Å². The number of rotatable bonds is 5. The summed E-state index contributed by atoms with van der Waals surface area (Å²) < 4.78 is 5.16. The largest absolute Gasteiger partial charge is 0.461 e. The van der Waals surface area contributed by atoms with E-state index in [1.807, 2.05) is 6.92 Å². The molecule has 0 bridgehead atoms. The maximum atomic E-state index is 11.6. The van der Waals surface area contributed by atoms with Gasteiger partial charge >= 0.3 is 0 Å². The van der Waals surface area contributed by atoms with Crippen LogP contribution in [0.5, 0.6) is 0 Å². The molecule has 0 aliphatic heterocycles. The normalized spacial score (nSPS) is 12.3. The van der Waals surface area contributed by atoms with E-state index in [1.54, 1.807) is 12.1 Å². The SMILES string of the molecule is CCCC(C(=O)NN)n1nnc(-c2ccco2)n1. The molecule has 3 N–H and O–H groups in total. The molecule has 1 unspecified atom stereocenters. The van der Waals surface area contributed by atoms with Crippen LogP contribution in [0.4, 0.5) is 0 Å². The van der Waals surface area contributed by atoms with Crippen LogP contribution in [0, 0.1) is 0 Å². The van der Waals surface area contributed by atoms with Crippen LogP contribution in [0.3, 0.4) is 0 Å². The number of hydrogen-bond acceptors (Lipinski definition) is 6. The van der Waals surface area contributed by atoms with Gasteiger partial charge in [-0.15, -0.1) is 10.2 Å². The van der Waals surface area contributed by atoms with Gasteiger partial charge in [-0.25, -0.2) is 5.84 Å². The van der Waals surface area contributed by atoms with E-state index >= 15 is 0 Å². The van der Waals surface area contributed by atoms with Crippen LogP contribution >= 0.6 is 0 Å². The molecule has 0 saturated heterocycles. The number of tetrazole rings is 1. The van der Waals surface area contributed by atoms with Crippen molar-refractivity contribution >= 4 is 5.91 Å². The lowest BCUT2D eigenvalue weighted by atomic mass is 10.2. The lowest BCUT2D eigenvalue weighted by Crippen LogP contribution is -2.38. The van der Waals surface area contributed by atoms with Gasteiger partial charge in [0.25, 0.3) is 5.91 Å². The van der Waals surface area contributed by atoms with Crippen molar-refractivity contribution in [2.75, 3.05) is 0 Å². The fourth-order valence-electron chi connectivity index (χ4n) is 1.58. The van der Waals surface area contributed by atoms with Crippen LogP contribution in [0.15, 0.2) is 22.8 Å². The maximum absolute atomic E-state index is 11.6. The second-order valence-electron chi connectivity index (χ2n) is 3.72. The Bertz CT molecular complexity index is 506. The van der Waals surface area contributed by atoms with Gasteiger partial charge in [-0.1, -0.05) is 13.3 Å². The second-order valence-corrected chi connectivity index (χ2v) is 3.72. The third-order valence-corrected chi connectivity index (χ3v) is 2.46. The summed E-state index contributed by atoms with van der Waals surface area (Å²) in [5.41, 5.74) is 2.10. The van der Waals surface area contributed by atoms with Crippen molar-refractivity contribution in [2.45, 2.75) is 25.8 Å². The zero-order valence-corrected chi connectivity index (χ0v) is 9.91. The van der Waals surface area contributed by atoms with E-state index in [0.29, 0.717) is 18.0 Å². The third kappa shape index (κ3) is 2.38. The van der Waals surface area contributed by atoms with Gasteiger partial charge in [-0.2, -0.15) is 4.80 Å². The minimum absolute atomic E-state index is 0.339. The molecule has 1 atom stereocenters. The third-order valence-electron chi connectivity index (χ3n) is 2.46. The van der Waals surface area contributed by atoms with Crippen molar-refractivity contribution in [1.82, 2.24) is 25.6 Å². The minimum atomic E-state index is -0.559. The summed E-state index contributed by atoms with van der Waals surface area (Å²) in [5.74, 6) is 5.63. The van der Waals surface area contributed by atoms with Crippen molar-refractivity contribution in [3.05, 3.63) is 18.4 Å². The molecule has 18 heavy (non-hydrogen) atoms. The summed E-state index contributed by atoms with van der Waals surface area (Å²) in [6.07, 6.45) is 2.90. The molecular weight excluding hydrogens is 236 g/mol. The van der Waals surface area contributed by atoms with Crippen LogP contribution in [-0.2, 0) is 4.79 Å². The highest BCUT2D eigenvalue weighted by atomic mass is 16.3. The molecule has 2 aromatic heterocycles. The number of nitrogens with two attached hydrogens (primary N) is 1. The summed E-state index contributed by atoms with van der Waals surface area (Å²) >= 11 is 0. The van der Waals surface area contributed by atoms with E-state index in [2.05, 4.69) is 20.8 Å². The Hall–Kier alpha value is -2.22. The van der Waals surface area contributed by atoms with E-state index in [1.165, 1.54) is 11.1 Å². The molecule has 2 heterocycles. The quantitative estimate of drug-likeness (QED) is 0.447. The van der Waals surface area contributed by atoms with E-state index < -0.39 is 6.04 Å². The van der Waals surface area contributed by atoms with Gasteiger partial charge in [0.15, 0.2) is 11.8 Å². The number of nitrogens with one attached hydrogen (secondary N) is 1. The lowest BCUT2D eigenvalue weighted by molar-refractivity contribution is -0.125. The maximum Gasteiger partial charge on any atom is 0.260 e. The monoisotopic (exact) mass is 250 g/mol. The first kappa shape index (κ1) is 12.2. The number of amides is 1. The summed E-state index contributed by atoms with van der Waals surface area (Å²) in [4.78, 5) is 12.9. The van der Waals surface area contributed by atoms with Crippen LogP contribution in [-0.4, -0.2) is 26.1 Å². The second kappa shape index (κ2) is 5.41. The number of nitrogens with zero attached hydrogens (tertiary/aromatic N) is 4. The summed E-state index contributed by atoms with van der Waals surface area (Å²) in [7, 11) is 0. The zero-order chi connectivity index (χ0) is 13.0. The Morgan fingerprint density at radius 1 is 1.67 bits per heavy atom. The standard InChI is InChI=1S/C10H14N6O2/c1-2-4-7(10(17)12-11)16-14-9(13-15-16)8-5-3-6-18-8/h3,5-7H,2,4,11H2,1H3,(H,12,17). The van der Waals surface area contributed by atoms with Crippen molar-refractivity contribution < 1.29 is 9.21 Å². The van der Waals surface area contributed by atoms with Gasteiger partial charge in [0, 0.05) is 0 Å². The average molecular weight is 250 g/mol. The number of carbonyl (C=O) groups excluding carboxylic acids is 1. The Labute approximate surface area is 103 Å². The smallest absolute Gasteiger partial charge is 0.260 e. The van der Waals surface area contributed by atoms with Gasteiger partial charge < -0.3 is 4.42 Å². The molecule has 2 rings (SSSR count). The number of hydrogen-bond donors (Lipinski definition) is 2. The molecule has 0 aliphatic rings. The topological polar surface area (TPSA) is 112 Å². The first-order valence-corrected chi connectivity index (χ1v) is 5.60. The van der Waals surface area contributed by atoms with Gasteiger partial charge in [0.1, 0.15) is 0 Å². The van der Waals surface area contributed by atoms with Crippen molar-refractivity contribution in [1.29, 1.82) is 0 Å². The fourth-order valence-corrected chi connectivity index (χ4v) is 1.58.